The van der Waals surface area contributed by atoms with Gasteiger partial charge in [-0.05, 0) is 43.8 Å². The van der Waals surface area contributed by atoms with Crippen LogP contribution in [0.4, 0.5) is 0 Å². The van der Waals surface area contributed by atoms with Crippen LogP contribution in [0, 0.1) is 0 Å². The second-order valence-corrected chi connectivity index (χ2v) is 10.5. The van der Waals surface area contributed by atoms with E-state index in [1.807, 2.05) is 12.4 Å². The summed E-state index contributed by atoms with van der Waals surface area (Å²) in [5.74, 6) is 1.76. The fourth-order valence-corrected chi connectivity index (χ4v) is 5.76. The Kier molecular flexibility index (Phi) is 5.75. The van der Waals surface area contributed by atoms with E-state index in [0.717, 1.165) is 45.3 Å². The molecule has 2 aromatic heterocycles. The highest BCUT2D eigenvalue weighted by Gasteiger charge is 2.11. The normalized spacial score (nSPS) is 11.3. The summed E-state index contributed by atoms with van der Waals surface area (Å²) in [5.41, 5.74) is 8.76. The Bertz CT molecular complexity index is 2010. The van der Waals surface area contributed by atoms with E-state index in [9.17, 15) is 0 Å². The van der Waals surface area contributed by atoms with Crippen LogP contribution in [-0.4, -0.2) is 19.9 Å². The molecule has 0 saturated heterocycles. The van der Waals surface area contributed by atoms with E-state index >= 15 is 0 Å². The third-order valence-corrected chi connectivity index (χ3v) is 7.97. The summed E-state index contributed by atoms with van der Waals surface area (Å²) in [6.07, 6.45) is 3.83. The van der Waals surface area contributed by atoms with Crippen molar-refractivity contribution in [3.63, 3.8) is 0 Å². The van der Waals surface area contributed by atoms with Crippen LogP contribution in [0.3, 0.4) is 0 Å². The number of hydrogen-bond donors (Lipinski definition) is 2. The first-order valence-corrected chi connectivity index (χ1v) is 14.1. The highest BCUT2D eigenvalue weighted by atomic mass is 14.9. The summed E-state index contributed by atoms with van der Waals surface area (Å²) in [7, 11) is 0. The standard InChI is InChI=1S/C38H26N4/c1-3-11-31-27(7-1)9-5-13-33(31)37-39-23-35(41-37)29-19-15-25(16-20-29)26-17-21-30(22-18-26)36-24-40-38(42-36)34-14-6-10-28-8-2-4-12-32(28)34/h1-24H,(H,39,41)(H,40,42). The van der Waals surface area contributed by atoms with Crippen LogP contribution < -0.4 is 0 Å². The Labute approximate surface area is 243 Å². The van der Waals surface area contributed by atoms with Gasteiger partial charge in [-0.2, -0.15) is 0 Å². The SMILES string of the molecule is c1ccc2c(-c3ncc(-c4ccc(-c5ccc(-c6cnc(-c7cccc8ccccc78)[nH]6)cc5)cc4)[nH]3)cccc2c1. The molecule has 2 N–H and O–H groups in total. The van der Waals surface area contributed by atoms with Crippen molar-refractivity contribution in [3.8, 4) is 56.4 Å². The van der Waals surface area contributed by atoms with E-state index in [1.165, 1.54) is 32.7 Å². The van der Waals surface area contributed by atoms with Gasteiger partial charge in [-0.1, -0.05) is 133 Å². The lowest BCUT2D eigenvalue weighted by molar-refractivity contribution is 1.32. The van der Waals surface area contributed by atoms with Crippen molar-refractivity contribution in [2.45, 2.75) is 0 Å². The highest BCUT2D eigenvalue weighted by Crippen LogP contribution is 2.32. The number of benzene rings is 6. The average molecular weight is 539 g/mol. The van der Waals surface area contributed by atoms with Gasteiger partial charge in [-0.25, -0.2) is 9.97 Å². The molecule has 0 fully saturated rings. The number of nitrogens with one attached hydrogen (secondary N) is 2. The molecular weight excluding hydrogens is 512 g/mol. The van der Waals surface area contributed by atoms with Crippen LogP contribution in [0.15, 0.2) is 146 Å². The molecule has 0 aliphatic heterocycles. The molecule has 6 aromatic carbocycles. The number of fused-ring (bicyclic) bond motifs is 2. The van der Waals surface area contributed by atoms with E-state index in [-0.39, 0.29) is 0 Å². The van der Waals surface area contributed by atoms with Crippen LogP contribution in [0.5, 0.6) is 0 Å². The number of imidazole rings is 2. The summed E-state index contributed by atoms with van der Waals surface area (Å²) < 4.78 is 0. The first kappa shape index (κ1) is 24.1. The quantitative estimate of drug-likeness (QED) is 0.229. The molecule has 0 saturated carbocycles. The molecular formula is C38H26N4. The Balaban J connectivity index is 1.03. The van der Waals surface area contributed by atoms with Crippen LogP contribution in [0.25, 0.3) is 78.0 Å². The number of H-pyrrole nitrogens is 2. The average Bonchev–Trinajstić information content (AvgIpc) is 3.76. The molecule has 0 unspecified atom stereocenters. The Hall–Kier alpha value is -5.74. The Morgan fingerprint density at radius 2 is 0.738 bits per heavy atom. The van der Waals surface area contributed by atoms with Gasteiger partial charge in [0.2, 0.25) is 0 Å². The van der Waals surface area contributed by atoms with Crippen LogP contribution in [0.2, 0.25) is 0 Å². The van der Waals surface area contributed by atoms with E-state index in [4.69, 9.17) is 9.97 Å². The maximum absolute atomic E-state index is 4.70. The van der Waals surface area contributed by atoms with Crippen LogP contribution in [-0.2, 0) is 0 Å². The monoisotopic (exact) mass is 538 g/mol. The van der Waals surface area contributed by atoms with Crippen molar-refractivity contribution < 1.29 is 0 Å². The van der Waals surface area contributed by atoms with Crippen molar-refractivity contribution in [1.82, 2.24) is 19.9 Å². The van der Waals surface area contributed by atoms with Gasteiger partial charge in [0.05, 0.1) is 23.8 Å². The molecule has 0 aliphatic rings. The van der Waals surface area contributed by atoms with Gasteiger partial charge in [-0.3, -0.25) is 0 Å². The maximum atomic E-state index is 4.70. The largest absolute Gasteiger partial charge is 0.338 e. The minimum atomic E-state index is 0.879. The molecule has 8 aromatic rings. The van der Waals surface area contributed by atoms with Gasteiger partial charge in [-0.15, -0.1) is 0 Å². The van der Waals surface area contributed by atoms with Gasteiger partial charge in [0.1, 0.15) is 11.6 Å². The molecule has 2 heterocycles. The van der Waals surface area contributed by atoms with E-state index in [2.05, 4.69) is 143 Å². The van der Waals surface area contributed by atoms with Gasteiger partial charge < -0.3 is 9.97 Å². The van der Waals surface area contributed by atoms with Gasteiger partial charge >= 0.3 is 0 Å². The number of aromatic amines is 2. The number of nitrogens with zero attached hydrogens (tertiary/aromatic N) is 2. The molecule has 0 aliphatic carbocycles. The van der Waals surface area contributed by atoms with Gasteiger partial charge in [0, 0.05) is 11.1 Å². The lowest BCUT2D eigenvalue weighted by atomic mass is 10.0. The smallest absolute Gasteiger partial charge is 0.138 e. The Morgan fingerprint density at radius 1 is 0.357 bits per heavy atom. The fraction of sp³-hybridized carbons (Fsp3) is 0. The first-order valence-electron chi connectivity index (χ1n) is 14.1. The zero-order valence-corrected chi connectivity index (χ0v) is 22.8. The molecule has 4 heteroatoms. The van der Waals surface area contributed by atoms with Crippen LogP contribution in [0.1, 0.15) is 0 Å². The van der Waals surface area contributed by atoms with Gasteiger partial charge in [0.25, 0.3) is 0 Å². The molecule has 0 radical (unpaired) electrons. The lowest BCUT2D eigenvalue weighted by Crippen LogP contribution is -1.85. The maximum Gasteiger partial charge on any atom is 0.138 e. The van der Waals surface area contributed by atoms with E-state index in [0.29, 0.717) is 0 Å². The zero-order valence-electron chi connectivity index (χ0n) is 22.8. The van der Waals surface area contributed by atoms with Crippen LogP contribution >= 0.6 is 0 Å². The van der Waals surface area contributed by atoms with Crippen molar-refractivity contribution >= 4 is 21.5 Å². The second kappa shape index (κ2) is 10.0. The summed E-state index contributed by atoms with van der Waals surface area (Å²) in [6.45, 7) is 0. The molecule has 0 spiro atoms. The topological polar surface area (TPSA) is 57.4 Å². The summed E-state index contributed by atoms with van der Waals surface area (Å²) in [5, 5.41) is 4.81. The predicted molar refractivity (Wildman–Crippen MR) is 173 cm³/mol. The van der Waals surface area contributed by atoms with Gasteiger partial charge in [0.15, 0.2) is 0 Å². The number of hydrogen-bond acceptors (Lipinski definition) is 2. The zero-order chi connectivity index (χ0) is 27.9. The molecule has 0 bridgehead atoms. The van der Waals surface area contributed by atoms with E-state index < -0.39 is 0 Å². The summed E-state index contributed by atoms with van der Waals surface area (Å²) in [4.78, 5) is 16.5. The fourth-order valence-electron chi connectivity index (χ4n) is 5.76. The first-order chi connectivity index (χ1) is 20.8. The molecule has 4 nitrogen and oxygen atoms in total. The van der Waals surface area contributed by atoms with Crippen molar-refractivity contribution in [2.75, 3.05) is 0 Å². The molecule has 8 rings (SSSR count). The minimum absolute atomic E-state index is 0.879. The number of rotatable bonds is 5. The van der Waals surface area contributed by atoms with E-state index in [1.54, 1.807) is 0 Å². The minimum Gasteiger partial charge on any atom is -0.338 e. The molecule has 0 atom stereocenters. The van der Waals surface area contributed by atoms with Crippen molar-refractivity contribution in [3.05, 3.63) is 146 Å². The summed E-state index contributed by atoms with van der Waals surface area (Å²) >= 11 is 0. The Morgan fingerprint density at radius 3 is 1.19 bits per heavy atom. The molecule has 0 amide bonds. The van der Waals surface area contributed by atoms with Crippen molar-refractivity contribution in [2.24, 2.45) is 0 Å². The number of aromatic nitrogens is 4. The third-order valence-electron chi connectivity index (χ3n) is 7.97. The van der Waals surface area contributed by atoms with Crippen molar-refractivity contribution in [1.29, 1.82) is 0 Å². The lowest BCUT2D eigenvalue weighted by Gasteiger charge is -2.06. The second-order valence-electron chi connectivity index (χ2n) is 10.5. The highest BCUT2D eigenvalue weighted by molar-refractivity contribution is 5.96. The summed E-state index contributed by atoms with van der Waals surface area (Å²) in [6, 6.07) is 46.7. The third kappa shape index (κ3) is 4.27. The molecule has 42 heavy (non-hydrogen) atoms. The molecule has 198 valence electrons. The predicted octanol–water partition coefficient (Wildman–Crippen LogP) is 9.77.